The Kier molecular flexibility index (Phi) is 4.31. The van der Waals surface area contributed by atoms with Gasteiger partial charge >= 0.3 is 0 Å². The van der Waals surface area contributed by atoms with E-state index in [1.165, 1.54) is 44.3 Å². The zero-order valence-electron chi connectivity index (χ0n) is 13.1. The number of likely N-dealkylation sites (tertiary alicyclic amines) is 1. The van der Waals surface area contributed by atoms with E-state index in [1.807, 2.05) is 6.07 Å². The molecule has 0 amide bonds. The molecule has 1 aliphatic heterocycles. The van der Waals surface area contributed by atoms with E-state index in [4.69, 9.17) is 0 Å². The van der Waals surface area contributed by atoms with Crippen LogP contribution in [0.15, 0.2) is 30.3 Å². The molecule has 112 valence electrons. The second-order valence-electron chi connectivity index (χ2n) is 6.74. The number of hydrogen-bond acceptors (Lipinski definition) is 2. The zero-order chi connectivity index (χ0) is 14.7. The summed E-state index contributed by atoms with van der Waals surface area (Å²) in [4.78, 5) is 2.66. The monoisotopic (exact) mass is 282 g/mol. The summed E-state index contributed by atoms with van der Waals surface area (Å²) in [6, 6.07) is 13.9. The fourth-order valence-corrected chi connectivity index (χ4v) is 4.52. The molecule has 1 aliphatic carbocycles. The van der Waals surface area contributed by atoms with Gasteiger partial charge in [-0.25, -0.2) is 0 Å². The molecule has 21 heavy (non-hydrogen) atoms. The van der Waals surface area contributed by atoms with Gasteiger partial charge in [0.1, 0.15) is 0 Å². The van der Waals surface area contributed by atoms with Gasteiger partial charge in [-0.05, 0) is 63.1 Å². The maximum Gasteiger partial charge on any atom is 0.0822 e. The van der Waals surface area contributed by atoms with Crippen LogP contribution in [0.1, 0.15) is 51.0 Å². The first-order valence-corrected chi connectivity index (χ1v) is 8.50. The molecule has 2 aliphatic rings. The van der Waals surface area contributed by atoms with Crippen LogP contribution in [-0.2, 0) is 5.41 Å². The highest BCUT2D eigenvalue weighted by molar-refractivity contribution is 5.33. The van der Waals surface area contributed by atoms with Gasteiger partial charge in [-0.15, -0.1) is 0 Å². The van der Waals surface area contributed by atoms with Gasteiger partial charge in [0.25, 0.3) is 0 Å². The van der Waals surface area contributed by atoms with Crippen molar-refractivity contribution in [2.75, 3.05) is 13.1 Å². The number of hydrogen-bond donors (Lipinski definition) is 0. The average Bonchev–Trinajstić information content (AvgIpc) is 3.04. The first kappa shape index (κ1) is 14.6. The Labute approximate surface area is 128 Å². The van der Waals surface area contributed by atoms with E-state index >= 15 is 0 Å². The predicted octanol–water partition coefficient (Wildman–Crippen LogP) is 4.12. The molecule has 0 aromatic heterocycles. The summed E-state index contributed by atoms with van der Waals surface area (Å²) in [5.41, 5.74) is 0.998. The third kappa shape index (κ3) is 2.72. The lowest BCUT2D eigenvalue weighted by Crippen LogP contribution is -2.40. The van der Waals surface area contributed by atoms with Gasteiger partial charge in [0, 0.05) is 6.04 Å². The van der Waals surface area contributed by atoms with E-state index in [1.54, 1.807) is 0 Å². The summed E-state index contributed by atoms with van der Waals surface area (Å²) >= 11 is 0. The van der Waals surface area contributed by atoms with Crippen LogP contribution < -0.4 is 0 Å². The molecule has 0 spiro atoms. The molecule has 2 nitrogen and oxygen atoms in total. The summed E-state index contributed by atoms with van der Waals surface area (Å²) in [6.45, 7) is 4.74. The fourth-order valence-electron chi connectivity index (χ4n) is 4.52. The van der Waals surface area contributed by atoms with Gasteiger partial charge in [-0.2, -0.15) is 5.26 Å². The van der Waals surface area contributed by atoms with Gasteiger partial charge in [-0.1, -0.05) is 37.3 Å². The van der Waals surface area contributed by atoms with Crippen LogP contribution in [0.4, 0.5) is 0 Å². The van der Waals surface area contributed by atoms with Crippen LogP contribution in [0, 0.1) is 17.2 Å². The SMILES string of the molecule is CCN1CCCC1C1CCC(C#N)(c2ccccc2)CC1. The van der Waals surface area contributed by atoms with Crippen LogP contribution in [-0.4, -0.2) is 24.0 Å². The van der Waals surface area contributed by atoms with Crippen LogP contribution >= 0.6 is 0 Å². The molecule has 0 N–H and O–H groups in total. The van der Waals surface area contributed by atoms with Gasteiger partial charge in [0.05, 0.1) is 11.5 Å². The van der Waals surface area contributed by atoms with Crippen molar-refractivity contribution in [3.63, 3.8) is 0 Å². The highest BCUT2D eigenvalue weighted by Crippen LogP contribution is 2.44. The van der Waals surface area contributed by atoms with E-state index in [2.05, 4.69) is 42.2 Å². The molecule has 1 heterocycles. The van der Waals surface area contributed by atoms with Crippen molar-refractivity contribution in [3.8, 4) is 6.07 Å². The van der Waals surface area contributed by atoms with E-state index < -0.39 is 0 Å². The highest BCUT2D eigenvalue weighted by atomic mass is 15.2. The normalized spacial score (nSPS) is 33.7. The third-order valence-electron chi connectivity index (χ3n) is 5.79. The number of nitrogens with zero attached hydrogens (tertiary/aromatic N) is 2. The van der Waals surface area contributed by atoms with Gasteiger partial charge < -0.3 is 4.90 Å². The second kappa shape index (κ2) is 6.20. The van der Waals surface area contributed by atoms with Gasteiger partial charge in [-0.3, -0.25) is 0 Å². The maximum atomic E-state index is 9.78. The molecule has 1 unspecified atom stereocenters. The minimum Gasteiger partial charge on any atom is -0.300 e. The summed E-state index contributed by atoms with van der Waals surface area (Å²) in [5.74, 6) is 0.803. The fraction of sp³-hybridized carbons (Fsp3) is 0.632. The van der Waals surface area contributed by atoms with Crippen molar-refractivity contribution in [2.45, 2.75) is 56.9 Å². The first-order chi connectivity index (χ1) is 10.3. The Balaban J connectivity index is 1.71. The van der Waals surface area contributed by atoms with Crippen molar-refractivity contribution in [2.24, 2.45) is 5.92 Å². The molecule has 2 heteroatoms. The Hall–Kier alpha value is -1.33. The third-order valence-corrected chi connectivity index (χ3v) is 5.79. The molecule has 0 bridgehead atoms. The molecule has 1 aromatic rings. The lowest BCUT2D eigenvalue weighted by Gasteiger charge is -2.40. The largest absolute Gasteiger partial charge is 0.300 e. The average molecular weight is 282 g/mol. The molecule has 1 atom stereocenters. The second-order valence-corrected chi connectivity index (χ2v) is 6.74. The van der Waals surface area contributed by atoms with Crippen LogP contribution in [0.5, 0.6) is 0 Å². The topological polar surface area (TPSA) is 27.0 Å². The number of benzene rings is 1. The minimum absolute atomic E-state index is 0.229. The summed E-state index contributed by atoms with van der Waals surface area (Å²) in [6.07, 6.45) is 7.21. The summed E-state index contributed by atoms with van der Waals surface area (Å²) < 4.78 is 0. The van der Waals surface area contributed by atoms with Crippen LogP contribution in [0.2, 0.25) is 0 Å². The quantitative estimate of drug-likeness (QED) is 0.833. The van der Waals surface area contributed by atoms with E-state index in [-0.39, 0.29) is 5.41 Å². The van der Waals surface area contributed by atoms with E-state index in [9.17, 15) is 5.26 Å². The van der Waals surface area contributed by atoms with Crippen molar-refractivity contribution in [3.05, 3.63) is 35.9 Å². The summed E-state index contributed by atoms with van der Waals surface area (Å²) in [7, 11) is 0. The lowest BCUT2D eigenvalue weighted by atomic mass is 9.66. The smallest absolute Gasteiger partial charge is 0.0822 e. The maximum absolute atomic E-state index is 9.78. The van der Waals surface area contributed by atoms with Crippen molar-refractivity contribution >= 4 is 0 Å². The zero-order valence-corrected chi connectivity index (χ0v) is 13.1. The van der Waals surface area contributed by atoms with Crippen molar-refractivity contribution in [1.29, 1.82) is 5.26 Å². The summed E-state index contributed by atoms with van der Waals surface area (Å²) in [5, 5.41) is 9.78. The van der Waals surface area contributed by atoms with Crippen LogP contribution in [0.3, 0.4) is 0 Å². The van der Waals surface area contributed by atoms with Gasteiger partial charge in [0.2, 0.25) is 0 Å². The molecule has 3 rings (SSSR count). The van der Waals surface area contributed by atoms with Crippen LogP contribution in [0.25, 0.3) is 0 Å². The van der Waals surface area contributed by atoms with Gasteiger partial charge in [0.15, 0.2) is 0 Å². The van der Waals surface area contributed by atoms with E-state index in [0.717, 1.165) is 24.8 Å². The molecular weight excluding hydrogens is 256 g/mol. The Morgan fingerprint density at radius 3 is 2.52 bits per heavy atom. The van der Waals surface area contributed by atoms with Crippen molar-refractivity contribution in [1.82, 2.24) is 4.90 Å². The highest BCUT2D eigenvalue weighted by Gasteiger charge is 2.41. The number of nitriles is 1. The predicted molar refractivity (Wildman–Crippen MR) is 86.0 cm³/mol. The Bertz CT molecular complexity index is 494. The van der Waals surface area contributed by atoms with Crippen molar-refractivity contribution < 1.29 is 0 Å². The molecule has 0 radical (unpaired) electrons. The molecule has 2 fully saturated rings. The molecular formula is C19H26N2. The number of rotatable bonds is 3. The molecule has 1 aromatic carbocycles. The minimum atomic E-state index is -0.229. The Morgan fingerprint density at radius 1 is 1.19 bits per heavy atom. The van der Waals surface area contributed by atoms with E-state index in [0.29, 0.717) is 0 Å². The first-order valence-electron chi connectivity index (χ1n) is 8.50. The standard InChI is InChI=1S/C19H26N2/c1-2-21-14-6-9-18(21)16-10-12-19(15-20,13-11-16)17-7-4-3-5-8-17/h3-5,7-8,16,18H,2,6,9-14H2,1H3. The Morgan fingerprint density at radius 2 is 1.90 bits per heavy atom. The lowest BCUT2D eigenvalue weighted by molar-refractivity contribution is 0.145. The molecule has 1 saturated carbocycles. The molecule has 1 saturated heterocycles.